The molecule has 0 aliphatic heterocycles. The van der Waals surface area contributed by atoms with Gasteiger partial charge in [-0.2, -0.15) is 0 Å². The summed E-state index contributed by atoms with van der Waals surface area (Å²) in [7, 11) is 0. The minimum atomic E-state index is 0.00695. The molecule has 25 heavy (non-hydrogen) atoms. The van der Waals surface area contributed by atoms with Crippen LogP contribution in [-0.4, -0.2) is 9.97 Å². The van der Waals surface area contributed by atoms with Gasteiger partial charge in [-0.1, -0.05) is 42.5 Å². The molecule has 1 heterocycles. The van der Waals surface area contributed by atoms with Crippen molar-refractivity contribution in [2.75, 3.05) is 0 Å². The lowest BCUT2D eigenvalue weighted by Crippen LogP contribution is -2.02. The Kier molecular flexibility index (Phi) is 4.13. The summed E-state index contributed by atoms with van der Waals surface area (Å²) in [4.78, 5) is 9.15. The van der Waals surface area contributed by atoms with E-state index in [4.69, 9.17) is 4.74 Å². The zero-order chi connectivity index (χ0) is 17.1. The Hall–Kier alpha value is -3.20. The fourth-order valence-corrected chi connectivity index (χ4v) is 2.80. The van der Waals surface area contributed by atoms with Gasteiger partial charge in [0.2, 0.25) is 0 Å². The highest BCUT2D eigenvalue weighted by Gasteiger charge is 2.07. The van der Waals surface area contributed by atoms with Gasteiger partial charge in [-0.3, -0.25) is 4.98 Å². The Morgan fingerprint density at radius 3 is 2.20 bits per heavy atom. The quantitative estimate of drug-likeness (QED) is 0.501. The second kappa shape index (κ2) is 6.73. The number of benzene rings is 3. The van der Waals surface area contributed by atoms with E-state index in [1.807, 2.05) is 72.9 Å². The van der Waals surface area contributed by atoms with Crippen LogP contribution in [0.3, 0.4) is 0 Å². The maximum absolute atomic E-state index is 6.03. The standard InChI is InChI=1S/C22H18N2O/c1-16(17-7-3-2-4-8-17)25-19-13-11-18(12-14-19)22-15-23-20-9-5-6-10-21(20)24-22/h2-16H,1H3/t16-/m1/s1. The van der Waals surface area contributed by atoms with Crippen LogP contribution in [0.5, 0.6) is 5.75 Å². The Morgan fingerprint density at radius 1 is 0.760 bits per heavy atom. The number of hydrogen-bond donors (Lipinski definition) is 0. The fraction of sp³-hybridized carbons (Fsp3) is 0.0909. The first kappa shape index (κ1) is 15.3. The Bertz CT molecular complexity index is 981. The van der Waals surface area contributed by atoms with Crippen molar-refractivity contribution in [3.8, 4) is 17.0 Å². The second-order valence-electron chi connectivity index (χ2n) is 5.94. The minimum absolute atomic E-state index is 0.00695. The van der Waals surface area contributed by atoms with Crippen LogP contribution in [0.4, 0.5) is 0 Å². The van der Waals surface area contributed by atoms with Gasteiger partial charge in [0.25, 0.3) is 0 Å². The number of rotatable bonds is 4. The van der Waals surface area contributed by atoms with Gasteiger partial charge in [0.1, 0.15) is 11.9 Å². The molecule has 0 spiro atoms. The maximum atomic E-state index is 6.03. The second-order valence-corrected chi connectivity index (χ2v) is 5.94. The van der Waals surface area contributed by atoms with Crippen LogP contribution in [0.1, 0.15) is 18.6 Å². The molecule has 0 saturated heterocycles. The van der Waals surface area contributed by atoms with Crippen molar-refractivity contribution >= 4 is 11.0 Å². The molecule has 4 aromatic rings. The average molecular weight is 326 g/mol. The predicted molar refractivity (Wildman–Crippen MR) is 100 cm³/mol. The summed E-state index contributed by atoms with van der Waals surface area (Å²) < 4.78 is 6.03. The van der Waals surface area contributed by atoms with Crippen LogP contribution in [0, 0.1) is 0 Å². The van der Waals surface area contributed by atoms with Crippen LogP contribution in [0.25, 0.3) is 22.3 Å². The molecule has 1 atom stereocenters. The molecule has 0 amide bonds. The van der Waals surface area contributed by atoms with Gasteiger partial charge in [0, 0.05) is 5.56 Å². The van der Waals surface area contributed by atoms with E-state index in [1.165, 1.54) is 0 Å². The lowest BCUT2D eigenvalue weighted by atomic mass is 10.1. The molecular weight excluding hydrogens is 308 g/mol. The van der Waals surface area contributed by atoms with Gasteiger partial charge in [0.15, 0.2) is 0 Å². The van der Waals surface area contributed by atoms with E-state index in [-0.39, 0.29) is 6.10 Å². The fourth-order valence-electron chi connectivity index (χ4n) is 2.80. The molecule has 0 radical (unpaired) electrons. The van der Waals surface area contributed by atoms with Gasteiger partial charge in [-0.15, -0.1) is 0 Å². The van der Waals surface area contributed by atoms with Crippen molar-refractivity contribution in [2.45, 2.75) is 13.0 Å². The van der Waals surface area contributed by atoms with Gasteiger partial charge in [-0.05, 0) is 48.9 Å². The smallest absolute Gasteiger partial charge is 0.121 e. The molecular formula is C22H18N2O. The summed E-state index contributed by atoms with van der Waals surface area (Å²) in [5, 5.41) is 0. The summed E-state index contributed by atoms with van der Waals surface area (Å²) in [6.45, 7) is 2.05. The number of hydrogen-bond acceptors (Lipinski definition) is 3. The molecule has 3 nitrogen and oxygen atoms in total. The summed E-state index contributed by atoms with van der Waals surface area (Å²) in [5.74, 6) is 0.842. The predicted octanol–water partition coefficient (Wildman–Crippen LogP) is 5.44. The van der Waals surface area contributed by atoms with E-state index in [9.17, 15) is 0 Å². The van der Waals surface area contributed by atoms with E-state index >= 15 is 0 Å². The number of para-hydroxylation sites is 2. The maximum Gasteiger partial charge on any atom is 0.121 e. The number of fused-ring (bicyclic) bond motifs is 1. The lowest BCUT2D eigenvalue weighted by Gasteiger charge is -2.15. The summed E-state index contributed by atoms with van der Waals surface area (Å²) in [6, 6.07) is 26.1. The third kappa shape index (κ3) is 3.36. The number of ether oxygens (including phenoxy) is 1. The SMILES string of the molecule is C[C@@H](Oc1ccc(-c2cnc3ccccc3n2)cc1)c1ccccc1. The van der Waals surface area contributed by atoms with E-state index in [2.05, 4.69) is 29.0 Å². The zero-order valence-corrected chi connectivity index (χ0v) is 14.0. The van der Waals surface area contributed by atoms with Crippen LogP contribution < -0.4 is 4.74 Å². The van der Waals surface area contributed by atoms with Gasteiger partial charge < -0.3 is 4.74 Å². The molecule has 0 N–H and O–H groups in total. The molecule has 3 aromatic carbocycles. The number of aromatic nitrogens is 2. The Morgan fingerprint density at radius 2 is 1.44 bits per heavy atom. The van der Waals surface area contributed by atoms with Crippen molar-refractivity contribution in [3.05, 3.63) is 90.6 Å². The van der Waals surface area contributed by atoms with E-state index in [0.717, 1.165) is 33.6 Å². The highest BCUT2D eigenvalue weighted by Crippen LogP contribution is 2.25. The molecule has 0 unspecified atom stereocenters. The third-order valence-electron chi connectivity index (χ3n) is 4.18. The van der Waals surface area contributed by atoms with E-state index in [1.54, 1.807) is 0 Å². The van der Waals surface area contributed by atoms with Gasteiger partial charge in [-0.25, -0.2) is 4.98 Å². The lowest BCUT2D eigenvalue weighted by molar-refractivity contribution is 0.227. The van der Waals surface area contributed by atoms with Crippen LogP contribution in [-0.2, 0) is 0 Å². The summed E-state index contributed by atoms with van der Waals surface area (Å²) in [5.41, 5.74) is 4.85. The van der Waals surface area contributed by atoms with Gasteiger partial charge in [0.05, 0.1) is 22.9 Å². The highest BCUT2D eigenvalue weighted by molar-refractivity contribution is 5.76. The van der Waals surface area contributed by atoms with E-state index in [0.29, 0.717) is 0 Å². The van der Waals surface area contributed by atoms with Crippen molar-refractivity contribution in [1.82, 2.24) is 9.97 Å². The Labute approximate surface area is 147 Å². The normalized spacial score (nSPS) is 12.0. The molecule has 3 heteroatoms. The molecule has 0 aliphatic carbocycles. The topological polar surface area (TPSA) is 35.0 Å². The molecule has 4 rings (SSSR count). The number of nitrogens with zero attached hydrogens (tertiary/aromatic N) is 2. The molecule has 0 fully saturated rings. The first-order valence-electron chi connectivity index (χ1n) is 8.33. The first-order chi connectivity index (χ1) is 12.3. The van der Waals surface area contributed by atoms with Crippen LogP contribution >= 0.6 is 0 Å². The van der Waals surface area contributed by atoms with Crippen molar-refractivity contribution in [1.29, 1.82) is 0 Å². The minimum Gasteiger partial charge on any atom is -0.486 e. The van der Waals surface area contributed by atoms with Crippen LogP contribution in [0.2, 0.25) is 0 Å². The average Bonchev–Trinajstić information content (AvgIpc) is 2.69. The van der Waals surface area contributed by atoms with Crippen molar-refractivity contribution in [3.63, 3.8) is 0 Å². The summed E-state index contributed by atoms with van der Waals surface area (Å²) >= 11 is 0. The first-order valence-corrected chi connectivity index (χ1v) is 8.33. The summed E-state index contributed by atoms with van der Waals surface area (Å²) in [6.07, 6.45) is 1.82. The molecule has 0 bridgehead atoms. The molecule has 0 aliphatic rings. The zero-order valence-electron chi connectivity index (χ0n) is 14.0. The highest BCUT2D eigenvalue weighted by atomic mass is 16.5. The largest absolute Gasteiger partial charge is 0.486 e. The molecule has 1 aromatic heterocycles. The van der Waals surface area contributed by atoms with Crippen molar-refractivity contribution in [2.24, 2.45) is 0 Å². The van der Waals surface area contributed by atoms with E-state index < -0.39 is 0 Å². The molecule has 0 saturated carbocycles. The monoisotopic (exact) mass is 326 g/mol. The van der Waals surface area contributed by atoms with Crippen molar-refractivity contribution < 1.29 is 4.74 Å². The van der Waals surface area contributed by atoms with Gasteiger partial charge >= 0.3 is 0 Å². The van der Waals surface area contributed by atoms with Crippen LogP contribution in [0.15, 0.2) is 85.1 Å². The third-order valence-corrected chi connectivity index (χ3v) is 4.18. The Balaban J connectivity index is 1.55. The molecule has 122 valence electrons.